The first-order valence-corrected chi connectivity index (χ1v) is 14.0. The average molecular weight is 539 g/mol. The number of fused-ring (bicyclic) bond motifs is 3. The summed E-state index contributed by atoms with van der Waals surface area (Å²) in [5.74, 6) is -9.83. The summed E-state index contributed by atoms with van der Waals surface area (Å²) in [7, 11) is 0. The van der Waals surface area contributed by atoms with E-state index in [2.05, 4.69) is 0 Å². The molecule has 8 atom stereocenters. The molecule has 0 radical (unpaired) electrons. The first-order valence-electron chi connectivity index (χ1n) is 14.0. The van der Waals surface area contributed by atoms with Crippen LogP contribution in [0.4, 0.5) is 0 Å². The molecule has 2 saturated carbocycles. The number of Topliss-reactive ketones (excluding diaryl/α,β-unsaturated/α-hetero) is 5. The van der Waals surface area contributed by atoms with Crippen LogP contribution in [0, 0.1) is 40.4 Å². The minimum absolute atomic E-state index is 0.0552. The van der Waals surface area contributed by atoms with Crippen molar-refractivity contribution in [2.24, 2.45) is 40.4 Å². The topological polar surface area (TPSA) is 126 Å². The molecule has 0 aliphatic heterocycles. The second kappa shape index (κ2) is 8.66. The van der Waals surface area contributed by atoms with Gasteiger partial charge in [-0.25, -0.2) is 0 Å². The molecule has 3 unspecified atom stereocenters. The summed E-state index contributed by atoms with van der Waals surface area (Å²) in [6.45, 7) is 17.7. The molecule has 212 valence electrons. The second-order valence-electron chi connectivity index (χ2n) is 13.7. The van der Waals surface area contributed by atoms with Gasteiger partial charge in [0.05, 0.1) is 11.5 Å². The summed E-state index contributed by atoms with van der Waals surface area (Å²) in [6.07, 6.45) is 0.698. The van der Waals surface area contributed by atoms with E-state index in [-0.39, 0.29) is 17.2 Å². The quantitative estimate of drug-likeness (QED) is 0.537. The van der Waals surface area contributed by atoms with Crippen molar-refractivity contribution in [1.29, 1.82) is 0 Å². The summed E-state index contributed by atoms with van der Waals surface area (Å²) in [6, 6.07) is 3.68. The monoisotopic (exact) mass is 538 g/mol. The number of hydrogen-bond acceptors (Lipinski definition) is 7. The molecule has 1 aromatic carbocycles. The molecule has 0 amide bonds. The molecule has 0 saturated heterocycles. The summed E-state index contributed by atoms with van der Waals surface area (Å²) < 4.78 is 0. The second-order valence-corrected chi connectivity index (χ2v) is 13.7. The Morgan fingerprint density at radius 1 is 1.05 bits per heavy atom. The minimum Gasteiger partial charge on any atom is -0.507 e. The average Bonchev–Trinajstić information content (AvgIpc) is 2.83. The first-order chi connectivity index (χ1) is 17.8. The molecular formula is C32H42O7. The molecule has 3 aliphatic rings. The van der Waals surface area contributed by atoms with Gasteiger partial charge in [-0.15, -0.1) is 0 Å². The molecule has 0 spiro atoms. The fraction of sp³-hybridized carbons (Fsp3) is 0.656. The van der Waals surface area contributed by atoms with E-state index in [1.54, 1.807) is 27.7 Å². The lowest BCUT2D eigenvalue weighted by atomic mass is 9.35. The molecule has 4 rings (SSSR count). The fourth-order valence-corrected chi connectivity index (χ4v) is 8.54. The summed E-state index contributed by atoms with van der Waals surface area (Å²) >= 11 is 0. The Kier molecular flexibility index (Phi) is 6.51. The van der Waals surface area contributed by atoms with Crippen LogP contribution in [0.15, 0.2) is 12.1 Å². The highest BCUT2D eigenvalue weighted by molar-refractivity contribution is 6.32. The molecule has 7 nitrogen and oxygen atoms in total. The van der Waals surface area contributed by atoms with Crippen molar-refractivity contribution in [1.82, 2.24) is 0 Å². The zero-order valence-electron chi connectivity index (χ0n) is 24.8. The molecule has 7 heteroatoms. The standard InChI is InChI=1S/C32H42O7/c1-11-29(7,8)19-13-12-18-15(4)30(9)17(6)31(10)22(14(2)3)25(35)20(16(5)33)27(37)32(31,39)28(38)23(30)26(36)21(18)24(19)34/h12-15,17,20,22-23,34,39H,11H2,1-10H3/t15-,17-,20?,22?,23?,30-,31-,32+/m1/s1. The predicted molar refractivity (Wildman–Crippen MR) is 146 cm³/mol. The van der Waals surface area contributed by atoms with Crippen molar-refractivity contribution in [3.05, 3.63) is 28.8 Å². The fourth-order valence-electron chi connectivity index (χ4n) is 8.54. The van der Waals surface area contributed by atoms with Gasteiger partial charge in [0.15, 0.2) is 28.7 Å². The van der Waals surface area contributed by atoms with Gasteiger partial charge in [0.2, 0.25) is 0 Å². The van der Waals surface area contributed by atoms with Crippen LogP contribution >= 0.6 is 0 Å². The van der Waals surface area contributed by atoms with Crippen LogP contribution in [-0.4, -0.2) is 44.7 Å². The first kappa shape index (κ1) is 29.3. The van der Waals surface area contributed by atoms with Crippen molar-refractivity contribution in [2.45, 2.75) is 92.6 Å². The Morgan fingerprint density at radius 2 is 1.62 bits per heavy atom. The lowest BCUT2D eigenvalue weighted by molar-refractivity contribution is -0.222. The molecule has 0 heterocycles. The van der Waals surface area contributed by atoms with Crippen LogP contribution in [0.3, 0.4) is 0 Å². The Labute approximate surface area is 230 Å². The number of carbonyl (C=O) groups excluding carboxylic acids is 5. The van der Waals surface area contributed by atoms with Crippen molar-refractivity contribution >= 4 is 28.9 Å². The van der Waals surface area contributed by atoms with E-state index in [4.69, 9.17) is 0 Å². The van der Waals surface area contributed by atoms with E-state index < -0.39 is 80.4 Å². The van der Waals surface area contributed by atoms with Crippen LogP contribution in [0.2, 0.25) is 0 Å². The van der Waals surface area contributed by atoms with Gasteiger partial charge in [-0.2, -0.15) is 0 Å². The highest BCUT2D eigenvalue weighted by Crippen LogP contribution is 2.69. The number of carbonyl (C=O) groups is 5. The van der Waals surface area contributed by atoms with Crippen molar-refractivity contribution in [3.63, 3.8) is 0 Å². The largest absolute Gasteiger partial charge is 0.507 e. The third kappa shape index (κ3) is 3.22. The molecule has 0 bridgehead atoms. The van der Waals surface area contributed by atoms with E-state index in [1.165, 1.54) is 0 Å². The van der Waals surface area contributed by atoms with Crippen LogP contribution in [-0.2, 0) is 24.6 Å². The number of benzene rings is 1. The number of ketones is 5. The van der Waals surface area contributed by atoms with Gasteiger partial charge >= 0.3 is 0 Å². The molecule has 1 aromatic rings. The van der Waals surface area contributed by atoms with Crippen LogP contribution < -0.4 is 0 Å². The van der Waals surface area contributed by atoms with Crippen LogP contribution in [0.25, 0.3) is 0 Å². The number of aliphatic hydroxyl groups is 1. The summed E-state index contributed by atoms with van der Waals surface area (Å²) in [4.78, 5) is 69.1. The number of aromatic hydroxyl groups is 1. The van der Waals surface area contributed by atoms with Gasteiger partial charge in [0, 0.05) is 16.9 Å². The van der Waals surface area contributed by atoms with Gasteiger partial charge < -0.3 is 10.2 Å². The Hall–Kier alpha value is -2.67. The van der Waals surface area contributed by atoms with Gasteiger partial charge in [0.25, 0.3) is 0 Å². The van der Waals surface area contributed by atoms with Crippen LogP contribution in [0.5, 0.6) is 5.75 Å². The maximum Gasteiger partial charge on any atom is 0.190 e. The van der Waals surface area contributed by atoms with E-state index in [0.717, 1.165) is 6.92 Å². The highest BCUT2D eigenvalue weighted by atomic mass is 16.3. The van der Waals surface area contributed by atoms with Gasteiger partial charge in [-0.05, 0) is 47.5 Å². The van der Waals surface area contributed by atoms with Crippen molar-refractivity contribution in [2.75, 3.05) is 0 Å². The van der Waals surface area contributed by atoms with Gasteiger partial charge in [0.1, 0.15) is 17.5 Å². The zero-order valence-corrected chi connectivity index (χ0v) is 24.8. The van der Waals surface area contributed by atoms with E-state index in [0.29, 0.717) is 17.5 Å². The zero-order chi connectivity index (χ0) is 29.8. The smallest absolute Gasteiger partial charge is 0.190 e. The maximum absolute atomic E-state index is 14.5. The number of hydrogen-bond donors (Lipinski definition) is 2. The van der Waals surface area contributed by atoms with E-state index in [9.17, 15) is 34.2 Å². The van der Waals surface area contributed by atoms with Crippen molar-refractivity contribution in [3.8, 4) is 5.75 Å². The molecule has 2 fully saturated rings. The lowest BCUT2D eigenvalue weighted by Crippen LogP contribution is -2.79. The van der Waals surface area contributed by atoms with Crippen molar-refractivity contribution < 1.29 is 34.2 Å². The third-order valence-corrected chi connectivity index (χ3v) is 11.5. The Bertz CT molecular complexity index is 1320. The Balaban J connectivity index is 2.06. The number of phenolic OH excluding ortho intramolecular Hbond substituents is 1. The predicted octanol–water partition coefficient (Wildman–Crippen LogP) is 4.59. The Morgan fingerprint density at radius 3 is 2.10 bits per heavy atom. The maximum atomic E-state index is 14.5. The normalized spacial score (nSPS) is 38.4. The lowest BCUT2D eigenvalue weighted by Gasteiger charge is -2.66. The number of rotatable bonds is 4. The van der Waals surface area contributed by atoms with E-state index >= 15 is 0 Å². The summed E-state index contributed by atoms with van der Waals surface area (Å²) in [5, 5.41) is 23.7. The summed E-state index contributed by atoms with van der Waals surface area (Å²) in [5.41, 5.74) is -4.53. The molecule has 3 aliphatic carbocycles. The molecule has 0 aromatic heterocycles. The highest BCUT2D eigenvalue weighted by Gasteiger charge is 2.79. The van der Waals surface area contributed by atoms with E-state index in [1.807, 2.05) is 46.8 Å². The SMILES string of the molecule is CCC(C)(C)c1ccc2c(c1O)C(=O)C1C(=O)[C@@]3(O)C(=O)C(C(C)=O)C(=O)C(C(C)C)[C@@]3(C)[C@H](C)[C@@]1(C)[C@@H]2C. The minimum atomic E-state index is -2.71. The van der Waals surface area contributed by atoms with Gasteiger partial charge in [-0.3, -0.25) is 24.0 Å². The van der Waals surface area contributed by atoms with Gasteiger partial charge in [-0.1, -0.05) is 74.4 Å². The molecular weight excluding hydrogens is 496 g/mol. The molecule has 2 N–H and O–H groups in total. The molecule has 39 heavy (non-hydrogen) atoms. The van der Waals surface area contributed by atoms with Crippen LogP contribution in [0.1, 0.15) is 103 Å². The number of phenols is 1. The third-order valence-electron chi connectivity index (χ3n) is 11.5.